The van der Waals surface area contributed by atoms with Crippen LogP contribution in [0.4, 0.5) is 0 Å². The Morgan fingerprint density at radius 3 is 2.03 bits per heavy atom. The molecule has 0 aliphatic heterocycles. The molecule has 0 N–H and O–H groups in total. The first-order chi connectivity index (χ1) is 18.3. The fraction of sp³-hybridized carbons (Fsp3) is 0.0312. The summed E-state index contributed by atoms with van der Waals surface area (Å²) in [5.41, 5.74) is 6.44. The molecule has 0 bridgehead atoms. The molecule has 0 spiro atoms. The van der Waals surface area contributed by atoms with Crippen molar-refractivity contribution in [1.29, 1.82) is 0 Å². The van der Waals surface area contributed by atoms with Crippen LogP contribution in [0.1, 0.15) is 22.4 Å². The summed E-state index contributed by atoms with van der Waals surface area (Å²) in [6.07, 6.45) is 9.10. The van der Waals surface area contributed by atoms with Gasteiger partial charge in [0.15, 0.2) is 0 Å². The molecule has 176 valence electrons. The summed E-state index contributed by atoms with van der Waals surface area (Å²) in [7, 11) is 0. The highest BCUT2D eigenvalue weighted by atomic mass is 16.5. The van der Waals surface area contributed by atoms with Crippen molar-refractivity contribution in [1.82, 2.24) is 19.5 Å². The van der Waals surface area contributed by atoms with Crippen molar-refractivity contribution < 1.29 is 4.74 Å². The van der Waals surface area contributed by atoms with Gasteiger partial charge in [-0.1, -0.05) is 66.7 Å². The van der Waals surface area contributed by atoms with Gasteiger partial charge >= 0.3 is 0 Å². The van der Waals surface area contributed by atoms with Gasteiger partial charge in [0.2, 0.25) is 5.95 Å². The van der Waals surface area contributed by atoms with Gasteiger partial charge in [0.25, 0.3) is 0 Å². The van der Waals surface area contributed by atoms with E-state index in [9.17, 15) is 0 Å². The van der Waals surface area contributed by atoms with Crippen LogP contribution in [0.25, 0.3) is 17.1 Å². The quantitative estimate of drug-likeness (QED) is 0.272. The van der Waals surface area contributed by atoms with Crippen molar-refractivity contribution in [3.8, 4) is 28.6 Å². The van der Waals surface area contributed by atoms with E-state index in [0.29, 0.717) is 11.7 Å². The Labute approximate surface area is 214 Å². The lowest BCUT2D eigenvalue weighted by Gasteiger charge is -2.32. The predicted octanol–water partition coefficient (Wildman–Crippen LogP) is 6.82. The minimum atomic E-state index is -0.558. The molecule has 37 heavy (non-hydrogen) atoms. The number of hydrogen-bond acceptors (Lipinski definition) is 4. The third kappa shape index (κ3) is 3.36. The molecule has 3 aromatic heterocycles. The van der Waals surface area contributed by atoms with E-state index in [1.807, 2.05) is 41.4 Å². The summed E-state index contributed by atoms with van der Waals surface area (Å²) in [5, 5.41) is 0. The molecular formula is C32H22N4O. The second-order valence-corrected chi connectivity index (χ2v) is 8.99. The van der Waals surface area contributed by atoms with Crippen LogP contribution in [-0.2, 0) is 5.41 Å². The smallest absolute Gasteiger partial charge is 0.233 e. The van der Waals surface area contributed by atoms with Gasteiger partial charge in [-0.05, 0) is 64.2 Å². The van der Waals surface area contributed by atoms with Crippen LogP contribution in [0.5, 0.6) is 11.5 Å². The Kier molecular flexibility index (Phi) is 4.93. The Bertz CT molecular complexity index is 1660. The summed E-state index contributed by atoms with van der Waals surface area (Å²) in [6, 6.07) is 35.5. The third-order valence-corrected chi connectivity index (χ3v) is 6.95. The number of pyridine rings is 1. The van der Waals surface area contributed by atoms with Crippen molar-refractivity contribution in [2.75, 3.05) is 0 Å². The first kappa shape index (κ1) is 21.3. The number of ether oxygens (including phenoxy) is 1. The molecule has 0 atom stereocenters. The monoisotopic (exact) mass is 478 g/mol. The van der Waals surface area contributed by atoms with Crippen molar-refractivity contribution >= 4 is 0 Å². The van der Waals surface area contributed by atoms with E-state index in [1.54, 1.807) is 18.5 Å². The van der Waals surface area contributed by atoms with E-state index < -0.39 is 5.41 Å². The standard InChI is InChI=1S/C32H22N4O/c1-3-13-28-26(11-1)27-12-2-4-14-29(27)32(28,30-15-5-6-17-33-30)23-9-7-10-24(21-23)37-25-16-20-36(22-25)31-34-18-8-19-35-31/h1-22H. The maximum absolute atomic E-state index is 6.34. The van der Waals surface area contributed by atoms with Gasteiger partial charge in [-0.25, -0.2) is 9.97 Å². The SMILES string of the molecule is c1ccc(C2(c3cccc(Oc4ccn(-c5ncccn5)c4)c3)c3ccccc3-c3ccccc32)nc1. The van der Waals surface area contributed by atoms with Crippen molar-refractivity contribution in [3.63, 3.8) is 0 Å². The molecule has 0 radical (unpaired) electrons. The highest BCUT2D eigenvalue weighted by molar-refractivity contribution is 5.85. The Balaban J connectivity index is 1.37. The Morgan fingerprint density at radius 1 is 0.595 bits per heavy atom. The lowest BCUT2D eigenvalue weighted by atomic mass is 9.70. The maximum Gasteiger partial charge on any atom is 0.233 e. The summed E-state index contributed by atoms with van der Waals surface area (Å²) >= 11 is 0. The first-order valence-electron chi connectivity index (χ1n) is 12.2. The molecule has 0 saturated heterocycles. The summed E-state index contributed by atoms with van der Waals surface area (Å²) < 4.78 is 8.19. The summed E-state index contributed by atoms with van der Waals surface area (Å²) in [4.78, 5) is 13.5. The molecule has 1 aliphatic rings. The van der Waals surface area contributed by atoms with Crippen LogP contribution < -0.4 is 4.74 Å². The molecule has 0 fully saturated rings. The van der Waals surface area contributed by atoms with Gasteiger partial charge in [0.1, 0.15) is 11.5 Å². The van der Waals surface area contributed by atoms with Crippen molar-refractivity contribution in [2.24, 2.45) is 0 Å². The molecule has 7 rings (SSSR count). The van der Waals surface area contributed by atoms with Crippen LogP contribution in [0.2, 0.25) is 0 Å². The second kappa shape index (κ2) is 8.57. The van der Waals surface area contributed by atoms with Crippen molar-refractivity contribution in [2.45, 2.75) is 5.41 Å². The predicted molar refractivity (Wildman–Crippen MR) is 143 cm³/mol. The van der Waals surface area contributed by atoms with Gasteiger partial charge in [0.05, 0.1) is 17.3 Å². The number of nitrogens with zero attached hydrogens (tertiary/aromatic N) is 4. The number of benzene rings is 3. The number of hydrogen-bond donors (Lipinski definition) is 0. The second-order valence-electron chi connectivity index (χ2n) is 8.99. The van der Waals surface area contributed by atoms with Crippen LogP contribution >= 0.6 is 0 Å². The zero-order valence-corrected chi connectivity index (χ0v) is 19.9. The summed E-state index contributed by atoms with van der Waals surface area (Å²) in [6.45, 7) is 0. The van der Waals surface area contributed by atoms with Crippen molar-refractivity contribution in [3.05, 3.63) is 156 Å². The van der Waals surface area contributed by atoms with Crippen LogP contribution in [-0.4, -0.2) is 19.5 Å². The Morgan fingerprint density at radius 2 is 1.30 bits per heavy atom. The van der Waals surface area contributed by atoms with Crippen LogP contribution in [0, 0.1) is 0 Å². The highest BCUT2D eigenvalue weighted by Crippen LogP contribution is 2.55. The average Bonchev–Trinajstić information content (AvgIpc) is 3.55. The largest absolute Gasteiger partial charge is 0.456 e. The molecule has 0 unspecified atom stereocenters. The van der Waals surface area contributed by atoms with Crippen LogP contribution in [0.3, 0.4) is 0 Å². The highest BCUT2D eigenvalue weighted by Gasteiger charge is 2.47. The molecular weight excluding hydrogens is 456 g/mol. The number of fused-ring (bicyclic) bond motifs is 3. The maximum atomic E-state index is 6.34. The van der Waals surface area contributed by atoms with Gasteiger partial charge in [-0.2, -0.15) is 0 Å². The van der Waals surface area contributed by atoms with E-state index >= 15 is 0 Å². The van der Waals surface area contributed by atoms with E-state index in [4.69, 9.17) is 9.72 Å². The third-order valence-electron chi connectivity index (χ3n) is 6.95. The van der Waals surface area contributed by atoms with Gasteiger partial charge in [-0.3, -0.25) is 9.55 Å². The molecule has 1 aliphatic carbocycles. The molecule has 5 heteroatoms. The zero-order chi connectivity index (χ0) is 24.7. The number of aromatic nitrogens is 4. The fourth-order valence-electron chi connectivity index (χ4n) is 5.47. The summed E-state index contributed by atoms with van der Waals surface area (Å²) in [5.74, 6) is 2.06. The van der Waals surface area contributed by atoms with E-state index in [2.05, 4.69) is 88.8 Å². The Hall–Kier alpha value is -5.03. The van der Waals surface area contributed by atoms with Gasteiger partial charge < -0.3 is 4.74 Å². The molecule has 3 aromatic carbocycles. The normalized spacial score (nSPS) is 13.1. The first-order valence-corrected chi connectivity index (χ1v) is 12.2. The molecule has 5 nitrogen and oxygen atoms in total. The molecule has 6 aromatic rings. The number of rotatable bonds is 5. The van der Waals surface area contributed by atoms with Gasteiger partial charge in [0, 0.05) is 24.8 Å². The zero-order valence-electron chi connectivity index (χ0n) is 19.9. The minimum absolute atomic E-state index is 0.558. The minimum Gasteiger partial charge on any atom is -0.456 e. The van der Waals surface area contributed by atoms with Crippen LogP contribution in [0.15, 0.2) is 134 Å². The topological polar surface area (TPSA) is 52.8 Å². The van der Waals surface area contributed by atoms with E-state index in [-0.39, 0.29) is 0 Å². The fourth-order valence-corrected chi connectivity index (χ4v) is 5.47. The molecule has 3 heterocycles. The lowest BCUT2D eigenvalue weighted by Crippen LogP contribution is -2.29. The average molecular weight is 479 g/mol. The van der Waals surface area contributed by atoms with E-state index in [1.165, 1.54) is 22.3 Å². The van der Waals surface area contributed by atoms with E-state index in [0.717, 1.165) is 17.0 Å². The van der Waals surface area contributed by atoms with Gasteiger partial charge in [-0.15, -0.1) is 0 Å². The molecule has 0 amide bonds. The molecule has 0 saturated carbocycles. The lowest BCUT2D eigenvalue weighted by molar-refractivity contribution is 0.481.